The highest BCUT2D eigenvalue weighted by Crippen LogP contribution is 2.14. The number of amides is 1. The Morgan fingerprint density at radius 1 is 1.26 bits per heavy atom. The Morgan fingerprint density at radius 3 is 2.47 bits per heavy atom. The van der Waals surface area contributed by atoms with E-state index in [1.165, 1.54) is 0 Å². The van der Waals surface area contributed by atoms with Gasteiger partial charge in [0, 0.05) is 26.0 Å². The smallest absolute Gasteiger partial charge is 0.303 e. The number of rotatable bonds is 11. The molecule has 6 heteroatoms. The van der Waals surface area contributed by atoms with E-state index in [9.17, 15) is 9.59 Å². The highest BCUT2D eigenvalue weighted by Gasteiger charge is 2.15. The van der Waals surface area contributed by atoms with Crippen molar-refractivity contribution in [2.24, 2.45) is 0 Å². The van der Waals surface area contributed by atoms with Gasteiger partial charge in [-0.05, 0) is 31.4 Å². The zero-order chi connectivity index (χ0) is 14.7. The number of carbonyl (C=O) groups excluding carboxylic acids is 1. The fourth-order valence-electron chi connectivity index (χ4n) is 1.84. The lowest BCUT2D eigenvalue weighted by molar-refractivity contribution is -0.137. The van der Waals surface area contributed by atoms with Crippen molar-refractivity contribution in [3.05, 3.63) is 0 Å². The predicted octanol–water partition coefficient (Wildman–Crippen LogP) is 1.92. The van der Waals surface area contributed by atoms with Crippen molar-refractivity contribution in [1.82, 2.24) is 5.32 Å². The molecule has 1 amide bonds. The average molecular weight is 289 g/mol. The largest absolute Gasteiger partial charge is 0.481 e. The Hall–Kier alpha value is -0.883. The van der Waals surface area contributed by atoms with Gasteiger partial charge in [-0.3, -0.25) is 9.59 Å². The van der Waals surface area contributed by atoms with Gasteiger partial charge in [0.05, 0.1) is 0 Å². The highest BCUT2D eigenvalue weighted by atomic mass is 28.3. The second-order valence-electron chi connectivity index (χ2n) is 4.98. The minimum absolute atomic E-state index is 0.0552. The van der Waals surface area contributed by atoms with Crippen molar-refractivity contribution in [2.45, 2.75) is 58.0 Å². The molecule has 0 aliphatic rings. The van der Waals surface area contributed by atoms with Gasteiger partial charge in [-0.15, -0.1) is 0 Å². The molecule has 5 nitrogen and oxygen atoms in total. The van der Waals surface area contributed by atoms with Crippen LogP contribution in [-0.4, -0.2) is 39.2 Å². The van der Waals surface area contributed by atoms with E-state index >= 15 is 0 Å². The molecule has 0 bridgehead atoms. The Morgan fingerprint density at radius 2 is 1.95 bits per heavy atom. The summed E-state index contributed by atoms with van der Waals surface area (Å²) in [5.41, 5.74) is 0.617. The molecule has 2 N–H and O–H groups in total. The van der Waals surface area contributed by atoms with Crippen LogP contribution in [0.25, 0.3) is 0 Å². The van der Waals surface area contributed by atoms with Crippen molar-refractivity contribution < 1.29 is 19.1 Å². The lowest BCUT2D eigenvalue weighted by Gasteiger charge is -2.18. The summed E-state index contributed by atoms with van der Waals surface area (Å²) in [7, 11) is -1.13. The third-order valence-electron chi connectivity index (χ3n) is 2.91. The molecule has 0 aliphatic heterocycles. The maximum atomic E-state index is 11.4. The lowest BCUT2D eigenvalue weighted by atomic mass is 10.2. The molecule has 0 saturated heterocycles. The van der Waals surface area contributed by atoms with Crippen LogP contribution in [0.15, 0.2) is 0 Å². The van der Waals surface area contributed by atoms with Crippen molar-refractivity contribution in [3.8, 4) is 0 Å². The van der Waals surface area contributed by atoms with E-state index in [-0.39, 0.29) is 12.3 Å². The van der Waals surface area contributed by atoms with Gasteiger partial charge in [0.1, 0.15) is 0 Å². The summed E-state index contributed by atoms with van der Waals surface area (Å²) >= 11 is 0. The summed E-state index contributed by atoms with van der Waals surface area (Å²) in [6, 6.07) is 1.07. The summed E-state index contributed by atoms with van der Waals surface area (Å²) in [5.74, 6) is -0.907. The van der Waals surface area contributed by atoms with Gasteiger partial charge in [-0.25, -0.2) is 0 Å². The molecule has 0 saturated carbocycles. The Labute approximate surface area is 117 Å². The summed E-state index contributed by atoms with van der Waals surface area (Å²) < 4.78 is 5.76. The highest BCUT2D eigenvalue weighted by molar-refractivity contribution is 6.53. The van der Waals surface area contributed by atoms with Crippen LogP contribution in [0.1, 0.15) is 46.5 Å². The number of hydrogen-bond donors (Lipinski definition) is 2. The van der Waals surface area contributed by atoms with Crippen LogP contribution >= 0.6 is 0 Å². The van der Waals surface area contributed by atoms with E-state index in [4.69, 9.17) is 9.53 Å². The molecule has 1 unspecified atom stereocenters. The zero-order valence-corrected chi connectivity index (χ0v) is 13.4. The standard InChI is InChI=1S/C13H27NO4Si/c1-4-18-19(11(2)3)10-6-9-14-12(15)7-5-8-13(16)17/h11,19H,4-10H2,1-3H3,(H,14,15)(H,16,17). The van der Waals surface area contributed by atoms with E-state index in [1.807, 2.05) is 6.92 Å². The minimum atomic E-state index is -1.13. The number of carboxylic acid groups (broad SMARTS) is 1. The molecule has 0 rings (SSSR count). The molecule has 0 fully saturated rings. The normalized spacial score (nSPS) is 12.4. The maximum absolute atomic E-state index is 11.4. The first kappa shape index (κ1) is 18.1. The summed E-state index contributed by atoms with van der Waals surface area (Å²) in [5, 5.41) is 11.3. The van der Waals surface area contributed by atoms with Gasteiger partial charge in [0.25, 0.3) is 0 Å². The van der Waals surface area contributed by atoms with Crippen LogP contribution in [0.4, 0.5) is 0 Å². The molecule has 0 aliphatic carbocycles. The molecule has 112 valence electrons. The molecular formula is C13H27NO4Si. The number of nitrogens with one attached hydrogen (secondary N) is 1. The average Bonchev–Trinajstić information content (AvgIpc) is 2.32. The lowest BCUT2D eigenvalue weighted by Crippen LogP contribution is -2.27. The van der Waals surface area contributed by atoms with Crippen molar-refractivity contribution >= 4 is 20.9 Å². The number of carboxylic acids is 1. The Balaban J connectivity index is 3.61. The molecule has 0 aromatic carbocycles. The Bertz CT molecular complexity index is 271. The SMILES string of the molecule is CCO[SiH](CCCNC(=O)CCCC(=O)O)C(C)C. The second-order valence-corrected chi connectivity index (χ2v) is 8.30. The van der Waals surface area contributed by atoms with E-state index in [0.717, 1.165) is 19.1 Å². The van der Waals surface area contributed by atoms with Crippen LogP contribution in [-0.2, 0) is 14.0 Å². The third kappa shape index (κ3) is 10.7. The minimum Gasteiger partial charge on any atom is -0.481 e. The van der Waals surface area contributed by atoms with Gasteiger partial charge >= 0.3 is 5.97 Å². The van der Waals surface area contributed by atoms with E-state index < -0.39 is 15.0 Å². The van der Waals surface area contributed by atoms with Gasteiger partial charge in [0.2, 0.25) is 5.91 Å². The molecule has 1 atom stereocenters. The van der Waals surface area contributed by atoms with Gasteiger partial charge < -0.3 is 14.8 Å². The van der Waals surface area contributed by atoms with Gasteiger partial charge in [0.15, 0.2) is 9.04 Å². The molecule has 19 heavy (non-hydrogen) atoms. The number of hydrogen-bond acceptors (Lipinski definition) is 3. The van der Waals surface area contributed by atoms with Crippen molar-refractivity contribution in [1.29, 1.82) is 0 Å². The van der Waals surface area contributed by atoms with Crippen LogP contribution in [0.3, 0.4) is 0 Å². The molecule has 0 aromatic heterocycles. The summed E-state index contributed by atoms with van der Waals surface area (Å²) in [4.78, 5) is 21.7. The monoisotopic (exact) mass is 289 g/mol. The third-order valence-corrected chi connectivity index (χ3v) is 6.13. The first-order valence-electron chi connectivity index (χ1n) is 7.07. The van der Waals surface area contributed by atoms with Crippen molar-refractivity contribution in [2.75, 3.05) is 13.2 Å². The number of carbonyl (C=O) groups is 2. The van der Waals surface area contributed by atoms with Crippen LogP contribution in [0, 0.1) is 0 Å². The topological polar surface area (TPSA) is 75.6 Å². The molecule has 0 aromatic rings. The number of aliphatic carboxylic acids is 1. The van der Waals surface area contributed by atoms with Crippen molar-refractivity contribution in [3.63, 3.8) is 0 Å². The molecular weight excluding hydrogens is 262 g/mol. The fourth-order valence-corrected chi connectivity index (χ4v) is 4.10. The van der Waals surface area contributed by atoms with E-state index in [2.05, 4.69) is 19.2 Å². The maximum Gasteiger partial charge on any atom is 0.303 e. The molecule has 0 heterocycles. The quantitative estimate of drug-likeness (QED) is 0.450. The molecule has 0 radical (unpaired) electrons. The van der Waals surface area contributed by atoms with E-state index in [0.29, 0.717) is 24.9 Å². The zero-order valence-electron chi connectivity index (χ0n) is 12.3. The first-order chi connectivity index (χ1) is 8.97. The van der Waals surface area contributed by atoms with Crippen LogP contribution in [0.2, 0.25) is 11.6 Å². The van der Waals surface area contributed by atoms with E-state index in [1.54, 1.807) is 0 Å². The van der Waals surface area contributed by atoms with Gasteiger partial charge in [-0.1, -0.05) is 13.8 Å². The van der Waals surface area contributed by atoms with Crippen LogP contribution < -0.4 is 5.32 Å². The predicted molar refractivity (Wildman–Crippen MR) is 77.8 cm³/mol. The first-order valence-corrected chi connectivity index (χ1v) is 9.02. The summed E-state index contributed by atoms with van der Waals surface area (Å²) in [6.45, 7) is 7.84. The Kier molecular flexibility index (Phi) is 10.5. The van der Waals surface area contributed by atoms with Gasteiger partial charge in [-0.2, -0.15) is 0 Å². The summed E-state index contributed by atoms with van der Waals surface area (Å²) in [6.07, 6.45) is 1.70. The molecule has 0 spiro atoms. The fraction of sp³-hybridized carbons (Fsp3) is 0.846. The van der Waals surface area contributed by atoms with Crippen LogP contribution in [0.5, 0.6) is 0 Å². The second kappa shape index (κ2) is 11.0.